The van der Waals surface area contributed by atoms with Gasteiger partial charge in [0.25, 0.3) is 0 Å². The fourth-order valence-corrected chi connectivity index (χ4v) is 1.66. The number of aromatic nitrogens is 2. The molecule has 6 heteroatoms. The highest BCUT2D eigenvalue weighted by molar-refractivity contribution is 6.31. The highest BCUT2D eigenvalue weighted by Gasteiger charge is 2.12. The zero-order valence-corrected chi connectivity index (χ0v) is 9.96. The first kappa shape index (κ1) is 12.0. The number of nitrogens with zero attached hydrogens (tertiary/aromatic N) is 2. The molecule has 0 atom stereocenters. The number of nitrogens with one attached hydrogen (secondary N) is 1. The lowest BCUT2D eigenvalue weighted by atomic mass is 10.1. The van der Waals surface area contributed by atoms with E-state index in [2.05, 4.69) is 15.5 Å². The summed E-state index contributed by atoms with van der Waals surface area (Å²) in [5, 5.41) is 10.9. The number of hydrogen-bond acceptors (Lipinski definition) is 4. The van der Waals surface area contributed by atoms with Crippen LogP contribution in [0.4, 0.5) is 4.39 Å². The van der Waals surface area contributed by atoms with Crippen molar-refractivity contribution in [2.24, 2.45) is 0 Å². The molecule has 17 heavy (non-hydrogen) atoms. The van der Waals surface area contributed by atoms with Crippen LogP contribution in [0.3, 0.4) is 0 Å². The van der Waals surface area contributed by atoms with Crippen molar-refractivity contribution in [3.8, 4) is 0 Å². The van der Waals surface area contributed by atoms with E-state index in [1.807, 2.05) is 0 Å². The molecule has 90 valence electrons. The van der Waals surface area contributed by atoms with Gasteiger partial charge in [0.15, 0.2) is 0 Å². The Hall–Kier alpha value is -1.46. The molecule has 0 saturated carbocycles. The van der Waals surface area contributed by atoms with Gasteiger partial charge in [0.1, 0.15) is 5.82 Å². The second-order valence-electron chi connectivity index (χ2n) is 3.50. The summed E-state index contributed by atoms with van der Waals surface area (Å²) in [4.78, 5) is 0. The summed E-state index contributed by atoms with van der Waals surface area (Å²) in [5.41, 5.74) is 0.369. The molecule has 0 aliphatic heterocycles. The number of halogens is 2. The highest BCUT2D eigenvalue weighted by atomic mass is 35.5. The Morgan fingerprint density at radius 3 is 2.82 bits per heavy atom. The van der Waals surface area contributed by atoms with Crippen molar-refractivity contribution in [1.82, 2.24) is 15.5 Å². The number of benzene rings is 1. The van der Waals surface area contributed by atoms with E-state index in [0.29, 0.717) is 28.9 Å². The van der Waals surface area contributed by atoms with Crippen LogP contribution in [0, 0.1) is 5.82 Å². The molecule has 0 fully saturated rings. The molecule has 0 radical (unpaired) electrons. The lowest BCUT2D eigenvalue weighted by molar-refractivity contribution is 0.444. The van der Waals surface area contributed by atoms with Gasteiger partial charge in [-0.25, -0.2) is 4.39 Å². The van der Waals surface area contributed by atoms with Crippen molar-refractivity contribution < 1.29 is 8.81 Å². The summed E-state index contributed by atoms with van der Waals surface area (Å²) >= 11 is 5.91. The molecule has 2 rings (SSSR count). The SMILES string of the molecule is CNCc1nnc(Cc2c(F)cccc2Cl)o1. The van der Waals surface area contributed by atoms with E-state index in [0.717, 1.165) is 0 Å². The molecule has 0 spiro atoms. The summed E-state index contributed by atoms with van der Waals surface area (Å²) in [6, 6.07) is 4.54. The quantitative estimate of drug-likeness (QED) is 0.910. The van der Waals surface area contributed by atoms with Crippen LogP contribution in [-0.2, 0) is 13.0 Å². The molecular weight excluding hydrogens is 245 g/mol. The molecule has 0 bridgehead atoms. The van der Waals surface area contributed by atoms with Gasteiger partial charge < -0.3 is 9.73 Å². The molecular formula is C11H11ClFN3O. The Morgan fingerprint density at radius 1 is 1.35 bits per heavy atom. The van der Waals surface area contributed by atoms with Gasteiger partial charge in [-0.15, -0.1) is 10.2 Å². The molecule has 1 N–H and O–H groups in total. The van der Waals surface area contributed by atoms with Crippen molar-refractivity contribution >= 4 is 11.6 Å². The average Bonchev–Trinajstić information content (AvgIpc) is 2.72. The van der Waals surface area contributed by atoms with E-state index in [9.17, 15) is 4.39 Å². The van der Waals surface area contributed by atoms with E-state index in [1.54, 1.807) is 19.2 Å². The third-order valence-corrected chi connectivity index (χ3v) is 2.58. The van der Waals surface area contributed by atoms with Crippen LogP contribution in [0.1, 0.15) is 17.3 Å². The normalized spacial score (nSPS) is 10.8. The third-order valence-electron chi connectivity index (χ3n) is 2.23. The second-order valence-corrected chi connectivity index (χ2v) is 3.90. The highest BCUT2D eigenvalue weighted by Crippen LogP contribution is 2.21. The minimum absolute atomic E-state index is 0.197. The second kappa shape index (κ2) is 5.25. The van der Waals surface area contributed by atoms with E-state index >= 15 is 0 Å². The molecule has 0 amide bonds. The smallest absolute Gasteiger partial charge is 0.230 e. The van der Waals surface area contributed by atoms with Crippen LogP contribution < -0.4 is 5.32 Å². The van der Waals surface area contributed by atoms with Gasteiger partial charge in [-0.05, 0) is 19.2 Å². The predicted molar refractivity (Wildman–Crippen MR) is 61.3 cm³/mol. The van der Waals surface area contributed by atoms with Crippen molar-refractivity contribution in [1.29, 1.82) is 0 Å². The van der Waals surface area contributed by atoms with E-state index in [4.69, 9.17) is 16.0 Å². The minimum atomic E-state index is -0.370. The molecule has 0 aliphatic rings. The molecule has 1 aromatic carbocycles. The van der Waals surface area contributed by atoms with Gasteiger partial charge in [-0.2, -0.15) is 0 Å². The first-order valence-corrected chi connectivity index (χ1v) is 5.47. The maximum atomic E-state index is 13.5. The maximum Gasteiger partial charge on any atom is 0.230 e. The largest absolute Gasteiger partial charge is 0.424 e. The average molecular weight is 256 g/mol. The zero-order chi connectivity index (χ0) is 12.3. The molecule has 0 unspecified atom stereocenters. The molecule has 1 heterocycles. The lowest BCUT2D eigenvalue weighted by Gasteiger charge is -2.01. The Morgan fingerprint density at radius 2 is 2.12 bits per heavy atom. The van der Waals surface area contributed by atoms with Crippen molar-refractivity contribution in [2.45, 2.75) is 13.0 Å². The van der Waals surface area contributed by atoms with E-state index < -0.39 is 0 Å². The van der Waals surface area contributed by atoms with Gasteiger partial charge in [0, 0.05) is 10.6 Å². The molecule has 0 saturated heterocycles. The Kier molecular flexibility index (Phi) is 3.71. The summed E-state index contributed by atoms with van der Waals surface area (Å²) in [6.07, 6.45) is 0.197. The van der Waals surface area contributed by atoms with Gasteiger partial charge in [0.2, 0.25) is 11.8 Å². The first-order chi connectivity index (χ1) is 8.20. The monoisotopic (exact) mass is 255 g/mol. The van der Waals surface area contributed by atoms with Crippen LogP contribution in [0.15, 0.2) is 22.6 Å². The molecule has 4 nitrogen and oxygen atoms in total. The van der Waals surface area contributed by atoms with Crippen molar-refractivity contribution in [3.63, 3.8) is 0 Å². The Bertz CT molecular complexity index is 495. The fourth-order valence-electron chi connectivity index (χ4n) is 1.43. The Labute approximate surface area is 103 Å². The van der Waals surface area contributed by atoms with Gasteiger partial charge in [0.05, 0.1) is 13.0 Å². The van der Waals surface area contributed by atoms with Crippen LogP contribution in [0.5, 0.6) is 0 Å². The summed E-state index contributed by atoms with van der Waals surface area (Å²) < 4.78 is 18.8. The molecule has 1 aromatic heterocycles. The van der Waals surface area contributed by atoms with Gasteiger partial charge in [-0.3, -0.25) is 0 Å². The standard InChI is InChI=1S/C11H11ClFN3O/c1-14-6-11-16-15-10(17-11)5-7-8(12)3-2-4-9(7)13/h2-4,14H,5-6H2,1H3. The Balaban J connectivity index is 2.19. The van der Waals surface area contributed by atoms with E-state index in [-0.39, 0.29) is 12.2 Å². The first-order valence-electron chi connectivity index (χ1n) is 5.09. The fraction of sp³-hybridized carbons (Fsp3) is 0.273. The minimum Gasteiger partial charge on any atom is -0.424 e. The third kappa shape index (κ3) is 2.81. The van der Waals surface area contributed by atoms with Gasteiger partial charge >= 0.3 is 0 Å². The predicted octanol–water partition coefficient (Wildman–Crippen LogP) is 2.17. The van der Waals surface area contributed by atoms with Crippen LogP contribution >= 0.6 is 11.6 Å². The van der Waals surface area contributed by atoms with Crippen LogP contribution in [0.25, 0.3) is 0 Å². The van der Waals surface area contributed by atoms with Crippen molar-refractivity contribution in [3.05, 3.63) is 46.4 Å². The van der Waals surface area contributed by atoms with Crippen LogP contribution in [0.2, 0.25) is 5.02 Å². The van der Waals surface area contributed by atoms with Gasteiger partial charge in [-0.1, -0.05) is 17.7 Å². The van der Waals surface area contributed by atoms with E-state index in [1.165, 1.54) is 6.07 Å². The topological polar surface area (TPSA) is 51.0 Å². The summed E-state index contributed by atoms with van der Waals surface area (Å²) in [7, 11) is 1.78. The number of rotatable bonds is 4. The summed E-state index contributed by atoms with van der Waals surface area (Å²) in [6.45, 7) is 0.484. The lowest BCUT2D eigenvalue weighted by Crippen LogP contribution is -2.04. The van der Waals surface area contributed by atoms with Crippen LogP contribution in [-0.4, -0.2) is 17.2 Å². The molecule has 2 aromatic rings. The maximum absolute atomic E-state index is 13.5. The molecule has 0 aliphatic carbocycles. The summed E-state index contributed by atoms with van der Waals surface area (Å²) in [5.74, 6) is 0.447. The van der Waals surface area contributed by atoms with Crippen molar-refractivity contribution in [2.75, 3.05) is 7.05 Å². The zero-order valence-electron chi connectivity index (χ0n) is 9.20. The number of hydrogen-bond donors (Lipinski definition) is 1.